The molecule has 3 aromatic heterocycles. The van der Waals surface area contributed by atoms with Gasteiger partial charge in [0, 0.05) is 24.1 Å². The summed E-state index contributed by atoms with van der Waals surface area (Å²) in [5, 5.41) is 31.8. The zero-order chi connectivity index (χ0) is 27.9. The van der Waals surface area contributed by atoms with E-state index in [1.165, 1.54) is 63.0 Å². The van der Waals surface area contributed by atoms with Gasteiger partial charge in [-0.2, -0.15) is 10.2 Å². The molecule has 39 heavy (non-hydrogen) atoms. The lowest BCUT2D eigenvalue weighted by atomic mass is 10.0. The highest BCUT2D eigenvalue weighted by molar-refractivity contribution is 7.21. The molecule has 0 spiro atoms. The molecule has 1 saturated heterocycles. The molecule has 0 radical (unpaired) electrons. The van der Waals surface area contributed by atoms with Gasteiger partial charge < -0.3 is 19.7 Å². The molecule has 1 aliphatic heterocycles. The van der Waals surface area contributed by atoms with Gasteiger partial charge in [-0.05, 0) is 32.0 Å². The van der Waals surface area contributed by atoms with Crippen LogP contribution in [-0.4, -0.2) is 67.4 Å². The van der Waals surface area contributed by atoms with Crippen LogP contribution in [0.5, 0.6) is 5.75 Å². The van der Waals surface area contributed by atoms with E-state index in [0.29, 0.717) is 32.1 Å². The molecule has 0 saturated carbocycles. The average Bonchev–Trinajstić information content (AvgIpc) is 3.63. The van der Waals surface area contributed by atoms with E-state index in [1.54, 1.807) is 13.8 Å². The summed E-state index contributed by atoms with van der Waals surface area (Å²) in [6, 6.07) is 3.97. The Morgan fingerprint density at radius 3 is 2.69 bits per heavy atom. The minimum Gasteiger partial charge on any atom is -0.496 e. The van der Waals surface area contributed by atoms with E-state index in [2.05, 4.69) is 15.5 Å². The van der Waals surface area contributed by atoms with Crippen LogP contribution in [0, 0.1) is 12.7 Å². The van der Waals surface area contributed by atoms with Crippen molar-refractivity contribution in [2.75, 3.05) is 26.9 Å². The Morgan fingerprint density at radius 2 is 2.05 bits per heavy atom. The maximum Gasteiger partial charge on any atom is 0.332 e. The van der Waals surface area contributed by atoms with Crippen molar-refractivity contribution in [3.63, 3.8) is 0 Å². The van der Waals surface area contributed by atoms with Crippen LogP contribution in [0.2, 0.25) is 0 Å². The fourth-order valence-electron chi connectivity index (χ4n) is 5.11. The summed E-state index contributed by atoms with van der Waals surface area (Å²) in [6.07, 6.45) is 1.37. The van der Waals surface area contributed by atoms with Crippen LogP contribution in [0.4, 0.5) is 4.39 Å². The van der Waals surface area contributed by atoms with Crippen LogP contribution in [0.3, 0.4) is 0 Å². The van der Waals surface area contributed by atoms with Gasteiger partial charge in [-0.15, -0.1) is 4.80 Å². The number of halogens is 1. The fraction of sp³-hybridized carbons (Fsp3) is 0.440. The van der Waals surface area contributed by atoms with Crippen molar-refractivity contribution in [3.05, 3.63) is 68.4 Å². The number of aliphatic hydroxyl groups is 2. The number of methoxy groups -OCH3 is 1. The zero-order valence-corrected chi connectivity index (χ0v) is 22.4. The van der Waals surface area contributed by atoms with Crippen molar-refractivity contribution in [3.8, 4) is 10.8 Å². The third-order valence-electron chi connectivity index (χ3n) is 6.98. The molecule has 1 fully saturated rings. The first-order chi connectivity index (χ1) is 18.7. The molecule has 4 heterocycles. The number of fused-ring (bicyclic) bond motifs is 1. The molecule has 5 rings (SSSR count). The molecule has 0 amide bonds. The predicted octanol–water partition coefficient (Wildman–Crippen LogP) is 1.04. The molecule has 208 valence electrons. The summed E-state index contributed by atoms with van der Waals surface area (Å²) in [6.45, 7) is 3.20. The Kier molecular flexibility index (Phi) is 7.39. The molecule has 12 nitrogen and oxygen atoms in total. The Bertz CT molecular complexity index is 1620. The summed E-state index contributed by atoms with van der Waals surface area (Å²) in [5.41, 5.74) is -1.19. The van der Waals surface area contributed by atoms with Crippen molar-refractivity contribution in [1.29, 1.82) is 0 Å². The van der Waals surface area contributed by atoms with E-state index in [1.807, 2.05) is 0 Å². The minimum atomic E-state index is -1.01. The third-order valence-corrected chi connectivity index (χ3v) is 8.26. The lowest BCUT2D eigenvalue weighted by Crippen LogP contribution is -2.51. The van der Waals surface area contributed by atoms with Gasteiger partial charge in [0.05, 0.1) is 50.2 Å². The first-order valence-electron chi connectivity index (χ1n) is 12.3. The number of aryl methyl sites for hydroxylation is 1. The lowest BCUT2D eigenvalue weighted by Gasteiger charge is -2.27. The van der Waals surface area contributed by atoms with Gasteiger partial charge in [-0.25, -0.2) is 9.18 Å². The molecule has 4 aromatic rings. The van der Waals surface area contributed by atoms with Crippen molar-refractivity contribution in [2.45, 2.75) is 44.7 Å². The van der Waals surface area contributed by atoms with Gasteiger partial charge in [0.1, 0.15) is 33.7 Å². The zero-order valence-electron chi connectivity index (χ0n) is 21.6. The number of hydrogen-bond acceptors (Lipinski definition) is 10. The number of hydrogen-bond donors (Lipinski definition) is 3. The second-order valence-corrected chi connectivity index (χ2v) is 10.6. The smallest absolute Gasteiger partial charge is 0.332 e. The molecule has 0 aliphatic carbocycles. The number of thiophene rings is 1. The Hall–Kier alpha value is -3.43. The second-order valence-electron chi connectivity index (χ2n) is 9.63. The Labute approximate surface area is 225 Å². The molecule has 3 N–H and O–H groups in total. The first kappa shape index (κ1) is 27.1. The van der Waals surface area contributed by atoms with Crippen LogP contribution in [0.15, 0.2) is 40.2 Å². The third kappa shape index (κ3) is 4.78. The van der Waals surface area contributed by atoms with Crippen molar-refractivity contribution in [1.82, 2.24) is 29.4 Å². The summed E-state index contributed by atoms with van der Waals surface area (Å²) >= 11 is 1.17. The van der Waals surface area contributed by atoms with Crippen molar-refractivity contribution < 1.29 is 24.1 Å². The van der Waals surface area contributed by atoms with Crippen LogP contribution >= 0.6 is 11.3 Å². The molecule has 1 unspecified atom stereocenters. The van der Waals surface area contributed by atoms with Gasteiger partial charge in [-0.1, -0.05) is 11.3 Å². The fourth-order valence-corrected chi connectivity index (χ4v) is 6.33. The lowest BCUT2D eigenvalue weighted by molar-refractivity contribution is 0.0162. The second kappa shape index (κ2) is 10.6. The van der Waals surface area contributed by atoms with E-state index < -0.39 is 34.9 Å². The van der Waals surface area contributed by atoms with Crippen molar-refractivity contribution >= 4 is 21.6 Å². The molecule has 0 bridgehead atoms. The highest BCUT2D eigenvalue weighted by Gasteiger charge is 2.39. The summed E-state index contributed by atoms with van der Waals surface area (Å²) in [4.78, 5) is 29.8. The first-order valence-corrected chi connectivity index (χ1v) is 13.1. The Balaban J connectivity index is 1.77. The van der Waals surface area contributed by atoms with E-state index in [0.717, 1.165) is 0 Å². The van der Waals surface area contributed by atoms with E-state index in [-0.39, 0.29) is 32.7 Å². The number of aromatic nitrogens is 5. The van der Waals surface area contributed by atoms with Gasteiger partial charge in [0.2, 0.25) is 0 Å². The number of aliphatic hydroxyl groups excluding tert-OH is 2. The highest BCUT2D eigenvalue weighted by Crippen LogP contribution is 2.35. The SMILES string of the molecule is COc1ccc(F)cc1[C@H](Cn1c(=O)n([C@]2(C)CNC(O)C2)c(=O)c2c(C)c(-n3nccn3)sc21)OCCO. The maximum atomic E-state index is 14.3. The maximum absolute atomic E-state index is 14.3. The van der Waals surface area contributed by atoms with Gasteiger partial charge in [0.25, 0.3) is 5.56 Å². The molecule has 3 atom stereocenters. The molecule has 1 aliphatic rings. The number of rotatable bonds is 9. The van der Waals surface area contributed by atoms with Gasteiger partial charge in [0.15, 0.2) is 0 Å². The van der Waals surface area contributed by atoms with E-state index in [9.17, 15) is 24.2 Å². The number of benzene rings is 1. The largest absolute Gasteiger partial charge is 0.496 e. The molecule has 14 heteroatoms. The minimum absolute atomic E-state index is 0.0817. The van der Waals surface area contributed by atoms with Crippen LogP contribution in [0.1, 0.15) is 30.6 Å². The number of ether oxygens (including phenoxy) is 2. The van der Waals surface area contributed by atoms with E-state index in [4.69, 9.17) is 9.47 Å². The molecular formula is C25H29FN6O6S. The summed E-state index contributed by atoms with van der Waals surface area (Å²) < 4.78 is 28.3. The Morgan fingerprint density at radius 1 is 1.31 bits per heavy atom. The number of nitrogens with one attached hydrogen (secondary N) is 1. The molecular weight excluding hydrogens is 531 g/mol. The highest BCUT2D eigenvalue weighted by atomic mass is 32.1. The predicted molar refractivity (Wildman–Crippen MR) is 141 cm³/mol. The topological polar surface area (TPSA) is 146 Å². The van der Waals surface area contributed by atoms with Gasteiger partial charge >= 0.3 is 5.69 Å². The monoisotopic (exact) mass is 560 g/mol. The summed E-state index contributed by atoms with van der Waals surface area (Å²) in [7, 11) is 1.44. The quantitative estimate of drug-likeness (QED) is 0.273. The number of nitrogens with zero attached hydrogens (tertiary/aromatic N) is 5. The summed E-state index contributed by atoms with van der Waals surface area (Å²) in [5.74, 6) is -0.181. The van der Waals surface area contributed by atoms with Crippen LogP contribution in [-0.2, 0) is 16.8 Å². The van der Waals surface area contributed by atoms with Gasteiger partial charge in [-0.3, -0.25) is 19.2 Å². The normalized spacial score (nSPS) is 20.1. The van der Waals surface area contributed by atoms with E-state index >= 15 is 0 Å². The van der Waals surface area contributed by atoms with Crippen LogP contribution < -0.4 is 21.3 Å². The molecule has 1 aromatic carbocycles. The average molecular weight is 561 g/mol. The van der Waals surface area contributed by atoms with Crippen LogP contribution in [0.25, 0.3) is 15.2 Å². The standard InChI is InChI=1S/C25H29FN6O6S/c1-14-20-21(35)31(25(2)11-19(34)27-13-25)24(36)30(23(20)39-22(14)32-28-6-7-29-32)12-18(38-9-8-33)16-10-15(26)4-5-17(16)37-3/h4-7,10,18-19,27,33-34H,8-9,11-13H2,1-3H3/t18-,19?,25-/m0/s1. The van der Waals surface area contributed by atoms with Crippen molar-refractivity contribution in [2.24, 2.45) is 0 Å².